The van der Waals surface area contributed by atoms with E-state index in [0.717, 1.165) is 61.3 Å². The van der Waals surface area contributed by atoms with Gasteiger partial charge in [-0.25, -0.2) is 5.26 Å². The number of carbonyl (C=O) groups excluding carboxylic acids is 1. The molecule has 0 saturated carbocycles. The van der Waals surface area contributed by atoms with Crippen LogP contribution in [0.1, 0.15) is 66.7 Å². The quantitative estimate of drug-likeness (QED) is 0.0735. The van der Waals surface area contributed by atoms with Gasteiger partial charge < -0.3 is 18.9 Å². The number of rotatable bonds is 7. The van der Waals surface area contributed by atoms with Gasteiger partial charge in [0.15, 0.2) is 0 Å². The van der Waals surface area contributed by atoms with Gasteiger partial charge in [-0.3, -0.25) is 14.8 Å². The summed E-state index contributed by atoms with van der Waals surface area (Å²) >= 11 is 0. The van der Waals surface area contributed by atoms with Crippen LogP contribution < -0.4 is 5.19 Å². The molecular formula is C46H44IrN4O4Si-2. The molecule has 4 aromatic heterocycles. The second-order valence-electron chi connectivity index (χ2n) is 15.4. The van der Waals surface area contributed by atoms with Crippen LogP contribution in [0.15, 0.2) is 108 Å². The van der Waals surface area contributed by atoms with Crippen molar-refractivity contribution in [3.63, 3.8) is 0 Å². The van der Waals surface area contributed by atoms with Crippen molar-refractivity contribution in [1.82, 2.24) is 19.5 Å². The van der Waals surface area contributed by atoms with Gasteiger partial charge in [0.2, 0.25) is 0 Å². The average molecular weight is 937 g/mol. The number of para-hydroxylation sites is 2. The zero-order chi connectivity index (χ0) is 39.0. The molecule has 1 radical (unpaired) electrons. The van der Waals surface area contributed by atoms with E-state index >= 15 is 0 Å². The van der Waals surface area contributed by atoms with E-state index in [9.17, 15) is 4.79 Å². The van der Waals surface area contributed by atoms with Gasteiger partial charge in [0.1, 0.15) is 5.58 Å². The number of fused-ring (bicyclic) bond motifs is 4. The van der Waals surface area contributed by atoms with E-state index in [2.05, 4.69) is 122 Å². The Labute approximate surface area is 341 Å². The van der Waals surface area contributed by atoms with Crippen LogP contribution in [0.3, 0.4) is 0 Å². The maximum Gasteiger partial charge on any atom is 0.333 e. The van der Waals surface area contributed by atoms with Crippen LogP contribution in [-0.2, 0) is 25.0 Å². The standard InChI is InChI=1S/C31H28N3O.C15H16NO3Si.Ir/c1-18(2)21-11-8-12-22(19(3)4)29(21)34-28-20(5)32-17-16-26(28)33-31(34)25-14-9-13-24-23-10-6-7-15-27(23)35-30(24)25;1-20(2,3)13-8-9-14(16-10-13)11-4-6-12(7-5-11)15(17)19-18;/h6-13,15-19H,1-5H3;4,6-10,18H,1-3H3;/q2*-1;. The minimum atomic E-state index is -1.35. The Balaban J connectivity index is 0.000000217. The summed E-state index contributed by atoms with van der Waals surface area (Å²) in [5.74, 6) is 0.722. The molecule has 0 saturated heterocycles. The van der Waals surface area contributed by atoms with Crippen LogP contribution in [0.25, 0.3) is 61.3 Å². The molecule has 56 heavy (non-hydrogen) atoms. The zero-order valence-corrected chi connectivity index (χ0v) is 36.2. The molecule has 4 heterocycles. The smallest absolute Gasteiger partial charge is 0.333 e. The van der Waals surface area contributed by atoms with E-state index in [1.165, 1.54) is 28.1 Å². The van der Waals surface area contributed by atoms with E-state index in [1.807, 2.05) is 48.8 Å². The number of hydrogen-bond acceptors (Lipinski definition) is 7. The molecule has 0 spiro atoms. The number of carbonyl (C=O) groups is 1. The summed E-state index contributed by atoms with van der Waals surface area (Å²) in [6.45, 7) is 17.9. The second-order valence-corrected chi connectivity index (χ2v) is 20.5. The van der Waals surface area contributed by atoms with Gasteiger partial charge >= 0.3 is 5.97 Å². The predicted octanol–water partition coefficient (Wildman–Crippen LogP) is 11.1. The van der Waals surface area contributed by atoms with Crippen molar-refractivity contribution in [2.75, 3.05) is 0 Å². The minimum Gasteiger partial charge on any atom is -0.501 e. The first kappa shape index (κ1) is 40.4. The van der Waals surface area contributed by atoms with Gasteiger partial charge in [-0.05, 0) is 58.5 Å². The molecule has 0 aliphatic heterocycles. The molecule has 8 aromatic rings. The van der Waals surface area contributed by atoms with Crippen LogP contribution in [0.5, 0.6) is 0 Å². The maximum atomic E-state index is 11.1. The molecule has 287 valence electrons. The number of furan rings is 1. The Morgan fingerprint density at radius 2 is 1.59 bits per heavy atom. The predicted molar refractivity (Wildman–Crippen MR) is 223 cm³/mol. The molecule has 8 rings (SSSR count). The number of aromatic nitrogens is 4. The Morgan fingerprint density at radius 3 is 2.21 bits per heavy atom. The molecule has 0 amide bonds. The van der Waals surface area contributed by atoms with E-state index in [0.29, 0.717) is 11.8 Å². The van der Waals surface area contributed by atoms with Crippen molar-refractivity contribution in [3.8, 4) is 28.3 Å². The number of hydrogen-bond donors (Lipinski definition) is 1. The third-order valence-electron chi connectivity index (χ3n) is 9.91. The van der Waals surface area contributed by atoms with Gasteiger partial charge in [0, 0.05) is 43.6 Å². The van der Waals surface area contributed by atoms with Crippen LogP contribution in [0, 0.1) is 19.1 Å². The summed E-state index contributed by atoms with van der Waals surface area (Å²) in [6.07, 6.45) is 3.74. The number of pyridine rings is 2. The second kappa shape index (κ2) is 16.5. The van der Waals surface area contributed by atoms with E-state index in [4.69, 9.17) is 14.7 Å². The summed E-state index contributed by atoms with van der Waals surface area (Å²) < 4.78 is 8.72. The monoisotopic (exact) mass is 937 g/mol. The molecule has 0 bridgehead atoms. The molecule has 1 N–H and O–H groups in total. The topological polar surface area (TPSA) is 103 Å². The van der Waals surface area contributed by atoms with Gasteiger partial charge in [-0.1, -0.05) is 107 Å². The number of benzene rings is 4. The Hall–Kier alpha value is -5.25. The molecular weight excluding hydrogens is 893 g/mol. The summed E-state index contributed by atoms with van der Waals surface area (Å²) in [7, 11) is -1.35. The zero-order valence-electron chi connectivity index (χ0n) is 32.8. The summed E-state index contributed by atoms with van der Waals surface area (Å²) in [6, 6.07) is 36.1. The number of nitrogens with zero attached hydrogens (tertiary/aromatic N) is 4. The number of imidazole rings is 1. The molecule has 0 aliphatic carbocycles. The summed E-state index contributed by atoms with van der Waals surface area (Å²) in [5.41, 5.74) is 11.0. The van der Waals surface area contributed by atoms with Crippen molar-refractivity contribution in [2.45, 2.75) is 66.1 Å². The van der Waals surface area contributed by atoms with Crippen molar-refractivity contribution in [2.24, 2.45) is 0 Å². The van der Waals surface area contributed by atoms with Gasteiger partial charge in [0.05, 0.1) is 36.2 Å². The third-order valence-corrected chi connectivity index (χ3v) is 11.9. The van der Waals surface area contributed by atoms with Crippen molar-refractivity contribution in [1.29, 1.82) is 0 Å². The van der Waals surface area contributed by atoms with Gasteiger partial charge in [0.25, 0.3) is 0 Å². The molecule has 4 aromatic carbocycles. The SMILES string of the molecule is C[Si](C)(C)c1ccc(-c2[c-]cc(C(=O)OO)cc2)nc1.Cc1nccc2nc(-c3[c-]ccc4c3oc3ccccc34)n(-c3c(C(C)C)cccc3C(C)C)c12.[Ir]. The van der Waals surface area contributed by atoms with Crippen LogP contribution in [-0.4, -0.2) is 38.8 Å². The van der Waals surface area contributed by atoms with E-state index < -0.39 is 14.0 Å². The van der Waals surface area contributed by atoms with Crippen molar-refractivity contribution in [3.05, 3.63) is 138 Å². The fourth-order valence-electron chi connectivity index (χ4n) is 6.95. The fourth-order valence-corrected chi connectivity index (χ4v) is 7.99. The summed E-state index contributed by atoms with van der Waals surface area (Å²) in [5, 5.41) is 11.8. The Bertz CT molecular complexity index is 2630. The maximum absolute atomic E-state index is 11.1. The third kappa shape index (κ3) is 7.75. The van der Waals surface area contributed by atoms with Gasteiger partial charge in [-0.15, -0.1) is 48.0 Å². The summed E-state index contributed by atoms with van der Waals surface area (Å²) in [4.78, 5) is 29.1. The van der Waals surface area contributed by atoms with Crippen LogP contribution in [0.2, 0.25) is 19.6 Å². The average Bonchev–Trinajstić information content (AvgIpc) is 3.77. The van der Waals surface area contributed by atoms with Crippen molar-refractivity contribution < 1.29 is 39.5 Å². The molecule has 10 heteroatoms. The first-order valence-electron chi connectivity index (χ1n) is 18.5. The fraction of sp³-hybridized carbons (Fsp3) is 0.217. The molecule has 0 atom stereocenters. The van der Waals surface area contributed by atoms with Crippen LogP contribution >= 0.6 is 0 Å². The normalized spacial score (nSPS) is 11.6. The molecule has 0 aliphatic rings. The van der Waals surface area contributed by atoms with Crippen molar-refractivity contribution >= 4 is 52.2 Å². The first-order valence-corrected chi connectivity index (χ1v) is 22.0. The molecule has 0 unspecified atom stereocenters. The largest absolute Gasteiger partial charge is 0.501 e. The number of aryl methyl sites for hydroxylation is 1. The van der Waals surface area contributed by atoms with E-state index in [1.54, 1.807) is 12.1 Å². The van der Waals surface area contributed by atoms with Crippen LogP contribution in [0.4, 0.5) is 0 Å². The molecule has 0 fully saturated rings. The minimum absolute atomic E-state index is 0. The Morgan fingerprint density at radius 1 is 0.857 bits per heavy atom. The Kier molecular flexibility index (Phi) is 11.9. The van der Waals surface area contributed by atoms with Gasteiger partial charge in [-0.2, -0.15) is 0 Å². The van der Waals surface area contributed by atoms with E-state index in [-0.39, 0.29) is 25.7 Å². The first-order chi connectivity index (χ1) is 26.4. The molecule has 8 nitrogen and oxygen atoms in total.